The summed E-state index contributed by atoms with van der Waals surface area (Å²) >= 11 is 0. The lowest BCUT2D eigenvalue weighted by molar-refractivity contribution is 1.41. The molecule has 0 saturated carbocycles. The van der Waals surface area contributed by atoms with Gasteiger partial charge in [-0.25, -0.2) is 0 Å². The van der Waals surface area contributed by atoms with E-state index in [-0.39, 0.29) is 0 Å². The predicted octanol–water partition coefficient (Wildman–Crippen LogP) is 7.43. The van der Waals surface area contributed by atoms with E-state index >= 15 is 0 Å². The van der Waals surface area contributed by atoms with E-state index in [2.05, 4.69) is 98.8 Å². The Morgan fingerprint density at radius 3 is 1.88 bits per heavy atom. The Morgan fingerprint density at radius 1 is 0.462 bits per heavy atom. The molecule has 0 heteroatoms. The average Bonchev–Trinajstić information content (AvgIpc) is 2.71. The second-order valence-electron chi connectivity index (χ2n) is 7.08. The molecule has 0 bridgehead atoms. The molecule has 0 heterocycles. The molecule has 0 nitrogen and oxygen atoms in total. The smallest absolute Gasteiger partial charge is 0.00964 e. The van der Waals surface area contributed by atoms with Crippen LogP contribution in [0.2, 0.25) is 0 Å². The van der Waals surface area contributed by atoms with E-state index in [9.17, 15) is 0 Å². The SMILES string of the molecule is Cc1c(C)c2ccc(-c3cccc4ccccc34)cc2c2ccccc12. The minimum atomic E-state index is 1.28. The third-order valence-electron chi connectivity index (χ3n) is 5.71. The summed E-state index contributed by atoms with van der Waals surface area (Å²) < 4.78 is 0. The van der Waals surface area contributed by atoms with Crippen molar-refractivity contribution in [3.05, 3.63) is 96.1 Å². The van der Waals surface area contributed by atoms with Crippen molar-refractivity contribution in [2.75, 3.05) is 0 Å². The van der Waals surface area contributed by atoms with Crippen LogP contribution in [-0.2, 0) is 0 Å². The molecule has 0 aliphatic rings. The van der Waals surface area contributed by atoms with Crippen molar-refractivity contribution < 1.29 is 0 Å². The molecular formula is C26H20. The van der Waals surface area contributed by atoms with Gasteiger partial charge in [0, 0.05) is 0 Å². The highest BCUT2D eigenvalue weighted by molar-refractivity contribution is 6.12. The molecule has 0 fully saturated rings. The fraction of sp³-hybridized carbons (Fsp3) is 0.0769. The fourth-order valence-electron chi connectivity index (χ4n) is 4.19. The number of hydrogen-bond donors (Lipinski definition) is 0. The maximum atomic E-state index is 2.37. The topological polar surface area (TPSA) is 0 Å². The molecule has 0 atom stereocenters. The molecule has 0 aliphatic heterocycles. The molecule has 0 radical (unpaired) electrons. The van der Waals surface area contributed by atoms with Crippen molar-refractivity contribution in [1.29, 1.82) is 0 Å². The van der Waals surface area contributed by atoms with Crippen LogP contribution in [0, 0.1) is 13.8 Å². The molecule has 0 aliphatic carbocycles. The Balaban J connectivity index is 1.89. The molecule has 5 rings (SSSR count). The lowest BCUT2D eigenvalue weighted by Gasteiger charge is -2.14. The van der Waals surface area contributed by atoms with Crippen LogP contribution < -0.4 is 0 Å². The van der Waals surface area contributed by atoms with Gasteiger partial charge < -0.3 is 0 Å². The zero-order chi connectivity index (χ0) is 17.7. The van der Waals surface area contributed by atoms with Crippen LogP contribution in [-0.4, -0.2) is 0 Å². The van der Waals surface area contributed by atoms with Gasteiger partial charge in [0.25, 0.3) is 0 Å². The molecule has 0 unspecified atom stereocenters. The Morgan fingerprint density at radius 2 is 1.08 bits per heavy atom. The number of hydrogen-bond acceptors (Lipinski definition) is 0. The van der Waals surface area contributed by atoms with Gasteiger partial charge in [-0.15, -0.1) is 0 Å². The summed E-state index contributed by atoms with van der Waals surface area (Å²) in [6, 6.07) is 30.9. The summed E-state index contributed by atoms with van der Waals surface area (Å²) in [5, 5.41) is 7.98. The van der Waals surface area contributed by atoms with Crippen LogP contribution in [0.3, 0.4) is 0 Å². The Kier molecular flexibility index (Phi) is 3.33. The van der Waals surface area contributed by atoms with Crippen LogP contribution >= 0.6 is 0 Å². The van der Waals surface area contributed by atoms with Crippen molar-refractivity contribution >= 4 is 32.3 Å². The van der Waals surface area contributed by atoms with Gasteiger partial charge in [-0.2, -0.15) is 0 Å². The summed E-state index contributed by atoms with van der Waals surface area (Å²) in [5.41, 5.74) is 5.34. The first kappa shape index (κ1) is 15.2. The standard InChI is InChI=1S/C26H20/c1-17-18(2)22-15-14-20(16-26(22)25-12-6-5-10-21(17)25)24-13-7-9-19-8-3-4-11-23(19)24/h3-16H,1-2H3. The predicted molar refractivity (Wildman–Crippen MR) is 114 cm³/mol. The Bertz CT molecular complexity index is 1290. The summed E-state index contributed by atoms with van der Waals surface area (Å²) in [6.45, 7) is 4.47. The molecular weight excluding hydrogens is 312 g/mol. The highest BCUT2D eigenvalue weighted by Crippen LogP contribution is 2.36. The second-order valence-corrected chi connectivity index (χ2v) is 7.08. The van der Waals surface area contributed by atoms with Crippen molar-refractivity contribution in [1.82, 2.24) is 0 Å². The number of fused-ring (bicyclic) bond motifs is 4. The van der Waals surface area contributed by atoms with Gasteiger partial charge in [-0.1, -0.05) is 78.9 Å². The molecule has 124 valence electrons. The summed E-state index contributed by atoms with van der Waals surface area (Å²) in [7, 11) is 0. The highest BCUT2D eigenvalue weighted by atomic mass is 14.1. The maximum absolute atomic E-state index is 2.37. The van der Waals surface area contributed by atoms with Crippen LogP contribution in [0.25, 0.3) is 43.4 Å². The number of benzene rings is 5. The summed E-state index contributed by atoms with van der Waals surface area (Å²) in [4.78, 5) is 0. The molecule has 0 N–H and O–H groups in total. The summed E-state index contributed by atoms with van der Waals surface area (Å²) in [5.74, 6) is 0. The average molecular weight is 332 g/mol. The first-order chi connectivity index (χ1) is 12.7. The van der Waals surface area contributed by atoms with Gasteiger partial charge in [0.15, 0.2) is 0 Å². The van der Waals surface area contributed by atoms with Gasteiger partial charge in [0.05, 0.1) is 0 Å². The lowest BCUT2D eigenvalue weighted by Crippen LogP contribution is -1.89. The van der Waals surface area contributed by atoms with Gasteiger partial charge in [-0.05, 0) is 74.5 Å². The van der Waals surface area contributed by atoms with Crippen LogP contribution in [0.15, 0.2) is 84.9 Å². The Hall–Kier alpha value is -3.12. The Labute approximate surface area is 153 Å². The monoisotopic (exact) mass is 332 g/mol. The van der Waals surface area contributed by atoms with Gasteiger partial charge in [-0.3, -0.25) is 0 Å². The minimum absolute atomic E-state index is 1.28. The summed E-state index contributed by atoms with van der Waals surface area (Å²) in [6.07, 6.45) is 0. The molecule has 26 heavy (non-hydrogen) atoms. The van der Waals surface area contributed by atoms with Gasteiger partial charge in [0.1, 0.15) is 0 Å². The molecule has 5 aromatic carbocycles. The molecule has 0 amide bonds. The maximum Gasteiger partial charge on any atom is -0.00964 e. The quantitative estimate of drug-likeness (QED) is 0.280. The van der Waals surface area contributed by atoms with E-state index in [1.54, 1.807) is 0 Å². The lowest BCUT2D eigenvalue weighted by atomic mass is 9.90. The van der Waals surface area contributed by atoms with E-state index < -0.39 is 0 Å². The van der Waals surface area contributed by atoms with Crippen molar-refractivity contribution in [2.24, 2.45) is 0 Å². The van der Waals surface area contributed by atoms with Crippen LogP contribution in [0.5, 0.6) is 0 Å². The third kappa shape index (κ3) is 2.16. The van der Waals surface area contributed by atoms with E-state index in [1.807, 2.05) is 0 Å². The van der Waals surface area contributed by atoms with Gasteiger partial charge in [0.2, 0.25) is 0 Å². The fourth-order valence-corrected chi connectivity index (χ4v) is 4.19. The van der Waals surface area contributed by atoms with Crippen molar-refractivity contribution in [3.63, 3.8) is 0 Å². The van der Waals surface area contributed by atoms with E-state index in [0.29, 0.717) is 0 Å². The minimum Gasteiger partial charge on any atom is -0.0616 e. The van der Waals surface area contributed by atoms with E-state index in [0.717, 1.165) is 0 Å². The molecule has 0 saturated heterocycles. The molecule has 5 aromatic rings. The first-order valence-corrected chi connectivity index (χ1v) is 9.14. The largest absolute Gasteiger partial charge is 0.0616 e. The zero-order valence-electron chi connectivity index (χ0n) is 15.1. The third-order valence-corrected chi connectivity index (χ3v) is 5.71. The molecule has 0 spiro atoms. The number of aryl methyl sites for hydroxylation is 2. The van der Waals surface area contributed by atoms with Crippen molar-refractivity contribution in [2.45, 2.75) is 13.8 Å². The van der Waals surface area contributed by atoms with Crippen LogP contribution in [0.4, 0.5) is 0 Å². The van der Waals surface area contributed by atoms with Gasteiger partial charge >= 0.3 is 0 Å². The van der Waals surface area contributed by atoms with E-state index in [4.69, 9.17) is 0 Å². The normalized spacial score (nSPS) is 11.5. The number of rotatable bonds is 1. The highest BCUT2D eigenvalue weighted by Gasteiger charge is 2.10. The second kappa shape index (κ2) is 5.71. The first-order valence-electron chi connectivity index (χ1n) is 9.14. The zero-order valence-corrected chi connectivity index (χ0v) is 15.1. The molecule has 0 aromatic heterocycles. The van der Waals surface area contributed by atoms with E-state index in [1.165, 1.54) is 54.6 Å². The van der Waals surface area contributed by atoms with Crippen LogP contribution in [0.1, 0.15) is 11.1 Å². The van der Waals surface area contributed by atoms with Crippen molar-refractivity contribution in [3.8, 4) is 11.1 Å².